The largest absolute Gasteiger partial charge is 0.489 e. The maximum atomic E-state index is 13.8. The molecule has 1 N–H and O–H groups in total. The van der Waals surface area contributed by atoms with Crippen LogP contribution in [0.3, 0.4) is 0 Å². The number of Topliss-reactive ketones (excluding diaryl/α,β-unsaturated/α-hetero) is 1. The number of fused-ring (bicyclic) bond motifs is 4. The Morgan fingerprint density at radius 1 is 1.09 bits per heavy atom. The molecule has 172 valence electrons. The van der Waals surface area contributed by atoms with Crippen molar-refractivity contribution in [1.29, 1.82) is 0 Å². The molecule has 1 aliphatic heterocycles. The normalized spacial score (nSPS) is 20.0. The third kappa shape index (κ3) is 3.76. The molecule has 2 aromatic carbocycles. The standard InChI is InChI=1S/C25H20F2N4O3/c26-14-3-1-13(19(27)9-14)2-4-15(32)5-7-17-21-18-10-16(6-8-20(18)34-23(17)21)33-25-22-24(29-11-28-22)30-12-31-25/h1,3,6,8-12,17,21,23H,2,4-5,7H2,(H,28,29,30,31)/t17-,21+,23+/m0/s1. The predicted octanol–water partition coefficient (Wildman–Crippen LogP) is 4.88. The van der Waals surface area contributed by atoms with Crippen LogP contribution >= 0.6 is 0 Å². The molecule has 6 rings (SSSR count). The average molecular weight is 462 g/mol. The second kappa shape index (κ2) is 8.16. The Kier molecular flexibility index (Phi) is 4.97. The van der Waals surface area contributed by atoms with Gasteiger partial charge in [-0.1, -0.05) is 6.07 Å². The molecular weight excluding hydrogens is 442 g/mol. The van der Waals surface area contributed by atoms with Gasteiger partial charge in [-0.25, -0.2) is 18.7 Å². The van der Waals surface area contributed by atoms with Crippen molar-refractivity contribution in [1.82, 2.24) is 19.9 Å². The van der Waals surface area contributed by atoms with Gasteiger partial charge < -0.3 is 14.5 Å². The molecule has 0 spiro atoms. The Bertz CT molecular complexity index is 1410. The van der Waals surface area contributed by atoms with Crippen LogP contribution in [-0.4, -0.2) is 31.8 Å². The van der Waals surface area contributed by atoms with Crippen molar-refractivity contribution in [3.63, 3.8) is 0 Å². The number of ether oxygens (including phenoxy) is 2. The van der Waals surface area contributed by atoms with Crippen LogP contribution in [0.25, 0.3) is 11.2 Å². The van der Waals surface area contributed by atoms with Crippen LogP contribution in [-0.2, 0) is 11.2 Å². The first-order valence-corrected chi connectivity index (χ1v) is 11.1. The summed E-state index contributed by atoms with van der Waals surface area (Å²) in [4.78, 5) is 27.8. The zero-order chi connectivity index (χ0) is 23.2. The molecule has 0 saturated heterocycles. The van der Waals surface area contributed by atoms with Gasteiger partial charge in [0, 0.05) is 36.3 Å². The van der Waals surface area contributed by atoms with Crippen LogP contribution in [0.4, 0.5) is 8.78 Å². The summed E-state index contributed by atoms with van der Waals surface area (Å²) in [6.45, 7) is 0. The summed E-state index contributed by atoms with van der Waals surface area (Å²) < 4.78 is 38.8. The number of benzene rings is 2. The van der Waals surface area contributed by atoms with Crippen LogP contribution in [0.5, 0.6) is 17.4 Å². The molecule has 4 aromatic rings. The Morgan fingerprint density at radius 3 is 2.88 bits per heavy atom. The highest BCUT2D eigenvalue weighted by atomic mass is 19.1. The van der Waals surface area contributed by atoms with Crippen molar-refractivity contribution in [2.45, 2.75) is 37.7 Å². The summed E-state index contributed by atoms with van der Waals surface area (Å²) in [5.74, 6) is 1.19. The minimum absolute atomic E-state index is 0.0674. The van der Waals surface area contributed by atoms with Crippen LogP contribution in [0.1, 0.15) is 36.3 Å². The fraction of sp³-hybridized carbons (Fsp3) is 0.280. The Labute approximate surface area is 193 Å². The first-order valence-electron chi connectivity index (χ1n) is 11.1. The lowest BCUT2D eigenvalue weighted by molar-refractivity contribution is -0.119. The Morgan fingerprint density at radius 2 is 2.00 bits per heavy atom. The smallest absolute Gasteiger partial charge is 0.250 e. The van der Waals surface area contributed by atoms with Gasteiger partial charge in [0.1, 0.15) is 41.3 Å². The van der Waals surface area contributed by atoms with Crippen molar-refractivity contribution in [3.8, 4) is 17.4 Å². The van der Waals surface area contributed by atoms with Crippen molar-refractivity contribution >= 4 is 16.9 Å². The number of rotatable bonds is 8. The van der Waals surface area contributed by atoms with Gasteiger partial charge in [-0.05, 0) is 42.7 Å². The number of nitrogens with zero attached hydrogens (tertiary/aromatic N) is 3. The number of aromatic nitrogens is 4. The maximum Gasteiger partial charge on any atom is 0.250 e. The van der Waals surface area contributed by atoms with Crippen LogP contribution < -0.4 is 9.47 Å². The second-order valence-electron chi connectivity index (χ2n) is 8.67. The number of imidazole rings is 1. The van der Waals surface area contributed by atoms with Crippen LogP contribution in [0.2, 0.25) is 0 Å². The number of aromatic amines is 1. The third-order valence-corrected chi connectivity index (χ3v) is 6.54. The summed E-state index contributed by atoms with van der Waals surface area (Å²) in [6, 6.07) is 9.13. The van der Waals surface area contributed by atoms with Gasteiger partial charge in [0.15, 0.2) is 11.2 Å². The fourth-order valence-electron chi connectivity index (χ4n) is 4.74. The summed E-state index contributed by atoms with van der Waals surface area (Å²) in [6.07, 6.45) is 4.66. The number of hydrogen-bond donors (Lipinski definition) is 1. The lowest BCUT2D eigenvalue weighted by Crippen LogP contribution is -2.05. The topological polar surface area (TPSA) is 90.0 Å². The lowest BCUT2D eigenvalue weighted by atomic mass is 10.0. The van der Waals surface area contributed by atoms with Crippen molar-refractivity contribution in [2.75, 3.05) is 0 Å². The Hall–Kier alpha value is -3.88. The fourth-order valence-corrected chi connectivity index (χ4v) is 4.74. The summed E-state index contributed by atoms with van der Waals surface area (Å²) >= 11 is 0. The van der Waals surface area contributed by atoms with Gasteiger partial charge in [0.2, 0.25) is 0 Å². The number of hydrogen-bond acceptors (Lipinski definition) is 6. The monoisotopic (exact) mass is 462 g/mol. The predicted molar refractivity (Wildman–Crippen MR) is 118 cm³/mol. The molecule has 2 aliphatic rings. The minimum Gasteiger partial charge on any atom is -0.489 e. The molecule has 0 radical (unpaired) electrons. The number of carbonyl (C=O) groups is 1. The highest BCUT2D eigenvalue weighted by Crippen LogP contribution is 2.60. The number of carbonyl (C=O) groups excluding carboxylic acids is 1. The van der Waals surface area contributed by atoms with Gasteiger partial charge >= 0.3 is 0 Å². The van der Waals surface area contributed by atoms with Gasteiger partial charge in [-0.15, -0.1) is 0 Å². The first-order chi connectivity index (χ1) is 16.6. The Balaban J connectivity index is 1.06. The quantitative estimate of drug-likeness (QED) is 0.401. The molecule has 1 aliphatic carbocycles. The first kappa shape index (κ1) is 20.7. The van der Waals surface area contributed by atoms with E-state index in [9.17, 15) is 13.6 Å². The minimum atomic E-state index is -0.617. The number of nitrogens with one attached hydrogen (secondary N) is 1. The average Bonchev–Trinajstić information content (AvgIpc) is 3.14. The third-order valence-electron chi connectivity index (χ3n) is 6.54. The van der Waals surface area contributed by atoms with Crippen LogP contribution in [0, 0.1) is 17.6 Å². The van der Waals surface area contributed by atoms with E-state index in [1.165, 1.54) is 18.5 Å². The highest BCUT2D eigenvalue weighted by molar-refractivity contribution is 5.78. The zero-order valence-corrected chi connectivity index (χ0v) is 18.0. The molecule has 1 saturated carbocycles. The molecule has 3 atom stereocenters. The van der Waals surface area contributed by atoms with Gasteiger partial charge in [0.25, 0.3) is 5.88 Å². The SMILES string of the molecule is O=C(CCc1ccc(F)cc1F)CC[C@@H]1[C@H]2Oc3ccc(Oc4ncnc5[nH]cnc45)cc3[C@@H]12. The van der Waals surface area contributed by atoms with Crippen molar-refractivity contribution in [2.24, 2.45) is 5.92 Å². The summed E-state index contributed by atoms with van der Waals surface area (Å²) in [5, 5.41) is 0. The molecule has 2 aromatic heterocycles. The summed E-state index contributed by atoms with van der Waals surface area (Å²) in [5.41, 5.74) is 2.59. The van der Waals surface area contributed by atoms with Gasteiger partial charge in [-0.3, -0.25) is 4.79 Å². The van der Waals surface area contributed by atoms with E-state index in [1.807, 2.05) is 18.2 Å². The molecule has 0 amide bonds. The lowest BCUT2D eigenvalue weighted by Gasteiger charge is -2.11. The molecule has 7 nitrogen and oxygen atoms in total. The van der Waals surface area contributed by atoms with Crippen molar-refractivity contribution < 1.29 is 23.0 Å². The van der Waals surface area contributed by atoms with E-state index in [2.05, 4.69) is 19.9 Å². The van der Waals surface area contributed by atoms with Crippen LogP contribution in [0.15, 0.2) is 49.1 Å². The van der Waals surface area contributed by atoms with Gasteiger partial charge in [0.05, 0.1) is 6.33 Å². The van der Waals surface area contributed by atoms with E-state index in [-0.39, 0.29) is 36.6 Å². The molecule has 0 unspecified atom stereocenters. The van der Waals surface area contributed by atoms with E-state index in [1.54, 1.807) is 6.33 Å². The highest BCUT2D eigenvalue weighted by Gasteiger charge is 2.58. The zero-order valence-electron chi connectivity index (χ0n) is 18.0. The van der Waals surface area contributed by atoms with Crippen molar-refractivity contribution in [3.05, 3.63) is 71.8 Å². The maximum absolute atomic E-state index is 13.8. The van der Waals surface area contributed by atoms with E-state index in [4.69, 9.17) is 9.47 Å². The number of aryl methyl sites for hydroxylation is 1. The summed E-state index contributed by atoms with van der Waals surface area (Å²) in [7, 11) is 0. The molecule has 9 heteroatoms. The molecule has 1 fully saturated rings. The molecule has 3 heterocycles. The molecule has 0 bridgehead atoms. The van der Waals surface area contributed by atoms with E-state index in [0.717, 1.165) is 17.4 Å². The van der Waals surface area contributed by atoms with Gasteiger partial charge in [-0.2, -0.15) is 4.98 Å². The molecular formula is C25H20F2N4O3. The number of ketones is 1. The van der Waals surface area contributed by atoms with E-state index < -0.39 is 11.6 Å². The number of H-pyrrole nitrogens is 1. The second-order valence-corrected chi connectivity index (χ2v) is 8.67. The van der Waals surface area contributed by atoms with E-state index in [0.29, 0.717) is 41.2 Å². The number of halogens is 2. The van der Waals surface area contributed by atoms with E-state index >= 15 is 0 Å². The molecule has 34 heavy (non-hydrogen) atoms.